The molecule has 0 unspecified atom stereocenters. The van der Waals surface area contributed by atoms with Crippen LogP contribution in [0.5, 0.6) is 0 Å². The molecule has 3 heteroatoms. The summed E-state index contributed by atoms with van der Waals surface area (Å²) in [5.41, 5.74) is 1.40. The summed E-state index contributed by atoms with van der Waals surface area (Å²) < 4.78 is 0. The Morgan fingerprint density at radius 3 is 2.64 bits per heavy atom. The highest BCUT2D eigenvalue weighted by Gasteiger charge is 2.27. The third-order valence-corrected chi connectivity index (χ3v) is 5.15. The summed E-state index contributed by atoms with van der Waals surface area (Å²) in [4.78, 5) is 14.8. The van der Waals surface area contributed by atoms with Crippen LogP contribution in [0.25, 0.3) is 0 Å². The summed E-state index contributed by atoms with van der Waals surface area (Å²) in [6.07, 6.45) is 8.16. The largest absolute Gasteiger partial charge is 0.352 e. The van der Waals surface area contributed by atoms with Crippen molar-refractivity contribution in [3.05, 3.63) is 35.9 Å². The first-order valence-corrected chi connectivity index (χ1v) is 8.88. The molecule has 1 N–H and O–H groups in total. The maximum atomic E-state index is 12.3. The monoisotopic (exact) mass is 300 g/mol. The first kappa shape index (κ1) is 15.5. The SMILES string of the molecule is O=C(N[C@@H]1CCN(CCc2ccccc2)C1)C1CCCCC1. The zero-order valence-corrected chi connectivity index (χ0v) is 13.5. The van der Waals surface area contributed by atoms with Crippen molar-refractivity contribution in [1.82, 2.24) is 10.2 Å². The second-order valence-corrected chi connectivity index (χ2v) is 6.87. The standard InChI is InChI=1S/C19H28N2O/c22-19(17-9-5-2-6-10-17)20-18-12-14-21(15-18)13-11-16-7-3-1-4-8-16/h1,3-4,7-8,17-18H,2,5-6,9-15H2,(H,20,22)/t18-/m1/s1. The number of amides is 1. The predicted octanol–water partition coefficient (Wildman–Crippen LogP) is 3.00. The van der Waals surface area contributed by atoms with Crippen molar-refractivity contribution in [3.8, 4) is 0 Å². The lowest BCUT2D eigenvalue weighted by atomic mass is 9.88. The van der Waals surface area contributed by atoms with Gasteiger partial charge in [-0.15, -0.1) is 0 Å². The first-order valence-electron chi connectivity index (χ1n) is 8.88. The number of likely N-dealkylation sites (tertiary alicyclic amines) is 1. The lowest BCUT2D eigenvalue weighted by Gasteiger charge is -2.23. The Morgan fingerprint density at radius 2 is 1.86 bits per heavy atom. The Balaban J connectivity index is 1.39. The number of rotatable bonds is 5. The van der Waals surface area contributed by atoms with Crippen LogP contribution in [0.2, 0.25) is 0 Å². The molecule has 3 rings (SSSR count). The van der Waals surface area contributed by atoms with Crippen LogP contribution in [0.4, 0.5) is 0 Å². The van der Waals surface area contributed by atoms with E-state index in [9.17, 15) is 4.79 Å². The van der Waals surface area contributed by atoms with E-state index >= 15 is 0 Å². The van der Waals surface area contributed by atoms with Crippen LogP contribution in [0.1, 0.15) is 44.1 Å². The zero-order valence-electron chi connectivity index (χ0n) is 13.5. The average Bonchev–Trinajstić information content (AvgIpc) is 3.02. The summed E-state index contributed by atoms with van der Waals surface area (Å²) in [5.74, 6) is 0.599. The van der Waals surface area contributed by atoms with Crippen LogP contribution in [0, 0.1) is 5.92 Å². The summed E-state index contributed by atoms with van der Waals surface area (Å²) in [7, 11) is 0. The summed E-state index contributed by atoms with van der Waals surface area (Å²) >= 11 is 0. The van der Waals surface area contributed by atoms with Crippen LogP contribution >= 0.6 is 0 Å². The van der Waals surface area contributed by atoms with Crippen LogP contribution in [0.15, 0.2) is 30.3 Å². The molecule has 1 aliphatic carbocycles. The van der Waals surface area contributed by atoms with Gasteiger partial charge in [0.1, 0.15) is 0 Å². The van der Waals surface area contributed by atoms with E-state index in [0.717, 1.165) is 45.3 Å². The molecule has 1 amide bonds. The Morgan fingerprint density at radius 1 is 1.09 bits per heavy atom. The number of carbonyl (C=O) groups is 1. The van der Waals surface area contributed by atoms with Gasteiger partial charge in [-0.2, -0.15) is 0 Å². The van der Waals surface area contributed by atoms with E-state index in [1.807, 2.05) is 0 Å². The van der Waals surface area contributed by atoms with Crippen molar-refractivity contribution < 1.29 is 4.79 Å². The Kier molecular flexibility index (Phi) is 5.49. The molecule has 1 saturated carbocycles. The molecular formula is C19H28N2O. The number of benzene rings is 1. The zero-order chi connectivity index (χ0) is 15.2. The fraction of sp³-hybridized carbons (Fsp3) is 0.632. The average molecular weight is 300 g/mol. The number of nitrogens with zero attached hydrogens (tertiary/aromatic N) is 1. The summed E-state index contributed by atoms with van der Waals surface area (Å²) in [6.45, 7) is 3.23. The number of hydrogen-bond acceptors (Lipinski definition) is 2. The van der Waals surface area contributed by atoms with E-state index in [1.54, 1.807) is 0 Å². The van der Waals surface area contributed by atoms with Crippen molar-refractivity contribution in [3.63, 3.8) is 0 Å². The molecule has 22 heavy (non-hydrogen) atoms. The molecule has 1 saturated heterocycles. The van der Waals surface area contributed by atoms with Gasteiger partial charge in [0.2, 0.25) is 5.91 Å². The lowest BCUT2D eigenvalue weighted by Crippen LogP contribution is -2.41. The Hall–Kier alpha value is -1.35. The van der Waals surface area contributed by atoms with Gasteiger partial charge in [-0.1, -0.05) is 49.6 Å². The fourth-order valence-corrected chi connectivity index (χ4v) is 3.77. The van der Waals surface area contributed by atoms with Gasteiger partial charge in [0.25, 0.3) is 0 Å². The molecule has 0 aromatic heterocycles. The van der Waals surface area contributed by atoms with Gasteiger partial charge in [0.15, 0.2) is 0 Å². The van der Waals surface area contributed by atoms with E-state index in [4.69, 9.17) is 0 Å². The van der Waals surface area contributed by atoms with Crippen molar-refractivity contribution in [2.24, 2.45) is 5.92 Å². The smallest absolute Gasteiger partial charge is 0.223 e. The molecule has 1 atom stereocenters. The van der Waals surface area contributed by atoms with Crippen molar-refractivity contribution in [1.29, 1.82) is 0 Å². The first-order chi connectivity index (χ1) is 10.8. The van der Waals surface area contributed by atoms with Crippen LogP contribution in [-0.2, 0) is 11.2 Å². The predicted molar refractivity (Wildman–Crippen MR) is 89.7 cm³/mol. The number of nitrogens with one attached hydrogen (secondary N) is 1. The molecular weight excluding hydrogens is 272 g/mol. The number of carbonyl (C=O) groups excluding carboxylic acids is 1. The van der Waals surface area contributed by atoms with Gasteiger partial charge in [-0.3, -0.25) is 4.79 Å². The topological polar surface area (TPSA) is 32.3 Å². The van der Waals surface area contributed by atoms with E-state index in [2.05, 4.69) is 40.5 Å². The highest BCUT2D eigenvalue weighted by atomic mass is 16.1. The van der Waals surface area contributed by atoms with Crippen molar-refractivity contribution in [2.45, 2.75) is 51.0 Å². The van der Waals surface area contributed by atoms with E-state index in [-0.39, 0.29) is 5.92 Å². The molecule has 1 aliphatic heterocycles. The minimum absolute atomic E-state index is 0.284. The van der Waals surface area contributed by atoms with Crippen LogP contribution < -0.4 is 5.32 Å². The minimum Gasteiger partial charge on any atom is -0.352 e. The summed E-state index contributed by atoms with van der Waals surface area (Å²) in [6, 6.07) is 11.0. The fourth-order valence-electron chi connectivity index (χ4n) is 3.77. The Labute approximate surface area is 134 Å². The maximum Gasteiger partial charge on any atom is 0.223 e. The highest BCUT2D eigenvalue weighted by molar-refractivity contribution is 5.79. The minimum atomic E-state index is 0.284. The highest BCUT2D eigenvalue weighted by Crippen LogP contribution is 2.24. The van der Waals surface area contributed by atoms with E-state index < -0.39 is 0 Å². The van der Waals surface area contributed by atoms with Gasteiger partial charge in [-0.05, 0) is 31.2 Å². The molecule has 2 fully saturated rings. The third-order valence-electron chi connectivity index (χ3n) is 5.15. The molecule has 0 radical (unpaired) electrons. The van der Waals surface area contributed by atoms with Gasteiger partial charge < -0.3 is 10.2 Å². The van der Waals surface area contributed by atoms with Crippen molar-refractivity contribution >= 4 is 5.91 Å². The molecule has 0 spiro atoms. The van der Waals surface area contributed by atoms with Gasteiger partial charge in [0.05, 0.1) is 0 Å². The van der Waals surface area contributed by atoms with Gasteiger partial charge in [-0.25, -0.2) is 0 Å². The van der Waals surface area contributed by atoms with E-state index in [1.165, 1.54) is 24.8 Å². The Bertz CT molecular complexity index is 468. The molecule has 1 aromatic rings. The molecule has 2 aliphatic rings. The molecule has 1 aromatic carbocycles. The maximum absolute atomic E-state index is 12.3. The second-order valence-electron chi connectivity index (χ2n) is 6.87. The quantitative estimate of drug-likeness (QED) is 0.906. The molecule has 3 nitrogen and oxygen atoms in total. The number of hydrogen-bond donors (Lipinski definition) is 1. The molecule has 0 bridgehead atoms. The van der Waals surface area contributed by atoms with Gasteiger partial charge >= 0.3 is 0 Å². The molecule has 1 heterocycles. The van der Waals surface area contributed by atoms with Gasteiger partial charge in [0, 0.05) is 31.6 Å². The van der Waals surface area contributed by atoms with E-state index in [0.29, 0.717) is 11.9 Å². The molecule has 120 valence electrons. The second kappa shape index (κ2) is 7.77. The summed E-state index contributed by atoms with van der Waals surface area (Å²) in [5, 5.41) is 3.30. The lowest BCUT2D eigenvalue weighted by molar-refractivity contribution is -0.126. The third kappa shape index (κ3) is 4.33. The van der Waals surface area contributed by atoms with Crippen molar-refractivity contribution in [2.75, 3.05) is 19.6 Å². The van der Waals surface area contributed by atoms with Crippen LogP contribution in [-0.4, -0.2) is 36.5 Å². The van der Waals surface area contributed by atoms with Crippen LogP contribution in [0.3, 0.4) is 0 Å². The normalized spacial score (nSPS) is 23.5.